The van der Waals surface area contributed by atoms with E-state index in [0.29, 0.717) is 0 Å². The fourth-order valence-electron chi connectivity index (χ4n) is 3.10. The van der Waals surface area contributed by atoms with Crippen LogP contribution in [-0.2, 0) is 17.6 Å². The molecule has 19 heavy (non-hydrogen) atoms. The van der Waals surface area contributed by atoms with Crippen molar-refractivity contribution in [2.75, 3.05) is 18.4 Å². The Bertz CT molecular complexity index is 456. The second kappa shape index (κ2) is 5.21. The number of amides is 1. The lowest BCUT2D eigenvalue weighted by atomic mass is 9.77. The SMILES string of the molecule is CCC1(C(=O)Nc2nc3c(s2)CCC3)CCCNC1. The zero-order valence-corrected chi connectivity index (χ0v) is 12.2. The van der Waals surface area contributed by atoms with Crippen molar-refractivity contribution in [1.29, 1.82) is 0 Å². The van der Waals surface area contributed by atoms with Gasteiger partial charge in [0, 0.05) is 11.4 Å². The Balaban J connectivity index is 1.72. The molecule has 2 heterocycles. The van der Waals surface area contributed by atoms with Gasteiger partial charge in [-0.15, -0.1) is 11.3 Å². The molecule has 2 aliphatic rings. The van der Waals surface area contributed by atoms with Crippen LogP contribution in [0.1, 0.15) is 43.2 Å². The molecule has 1 aromatic heterocycles. The van der Waals surface area contributed by atoms with E-state index in [1.807, 2.05) is 0 Å². The van der Waals surface area contributed by atoms with E-state index in [2.05, 4.69) is 22.5 Å². The number of anilines is 1. The quantitative estimate of drug-likeness (QED) is 0.893. The predicted molar refractivity (Wildman–Crippen MR) is 77.6 cm³/mol. The molecule has 1 aromatic rings. The van der Waals surface area contributed by atoms with Gasteiger partial charge < -0.3 is 10.6 Å². The molecule has 5 heteroatoms. The number of hydrogen-bond donors (Lipinski definition) is 2. The van der Waals surface area contributed by atoms with Crippen LogP contribution in [0, 0.1) is 5.41 Å². The first-order chi connectivity index (χ1) is 9.23. The summed E-state index contributed by atoms with van der Waals surface area (Å²) < 4.78 is 0. The lowest BCUT2D eigenvalue weighted by Gasteiger charge is -2.35. The van der Waals surface area contributed by atoms with Crippen molar-refractivity contribution in [3.8, 4) is 0 Å². The molecular weight excluding hydrogens is 258 g/mol. The Morgan fingerprint density at radius 3 is 3.05 bits per heavy atom. The number of thiazole rings is 1. The molecule has 1 amide bonds. The van der Waals surface area contributed by atoms with Crippen LogP contribution in [-0.4, -0.2) is 24.0 Å². The summed E-state index contributed by atoms with van der Waals surface area (Å²) in [6.07, 6.45) is 6.36. The minimum absolute atomic E-state index is 0.148. The van der Waals surface area contributed by atoms with Crippen LogP contribution < -0.4 is 10.6 Å². The van der Waals surface area contributed by atoms with Gasteiger partial charge in [-0.1, -0.05) is 6.92 Å². The Hall–Kier alpha value is -0.940. The first-order valence-electron chi connectivity index (χ1n) is 7.24. The summed E-state index contributed by atoms with van der Waals surface area (Å²) in [6, 6.07) is 0. The first-order valence-corrected chi connectivity index (χ1v) is 8.06. The van der Waals surface area contributed by atoms with Crippen molar-refractivity contribution in [3.05, 3.63) is 10.6 Å². The van der Waals surface area contributed by atoms with Gasteiger partial charge >= 0.3 is 0 Å². The first kappa shape index (κ1) is 13.1. The molecule has 4 nitrogen and oxygen atoms in total. The number of hydrogen-bond acceptors (Lipinski definition) is 4. The largest absolute Gasteiger partial charge is 0.316 e. The summed E-state index contributed by atoms with van der Waals surface area (Å²) in [7, 11) is 0. The average molecular weight is 279 g/mol. The summed E-state index contributed by atoms with van der Waals surface area (Å²) in [5, 5.41) is 7.21. The molecule has 1 fully saturated rings. The van der Waals surface area contributed by atoms with Gasteiger partial charge in [0.05, 0.1) is 11.1 Å². The molecule has 0 bridgehead atoms. The van der Waals surface area contributed by atoms with Gasteiger partial charge in [-0.05, 0) is 45.1 Å². The molecule has 2 N–H and O–H groups in total. The van der Waals surface area contributed by atoms with Crippen molar-refractivity contribution in [2.24, 2.45) is 5.41 Å². The Morgan fingerprint density at radius 2 is 2.37 bits per heavy atom. The molecular formula is C14H21N3OS. The molecule has 3 rings (SSSR count). The maximum atomic E-state index is 12.6. The van der Waals surface area contributed by atoms with E-state index in [9.17, 15) is 4.79 Å². The molecule has 1 aliphatic carbocycles. The average Bonchev–Trinajstić information content (AvgIpc) is 3.00. The smallest absolute Gasteiger partial charge is 0.233 e. The highest BCUT2D eigenvalue weighted by Gasteiger charge is 2.38. The van der Waals surface area contributed by atoms with E-state index in [1.54, 1.807) is 11.3 Å². The van der Waals surface area contributed by atoms with Crippen molar-refractivity contribution in [2.45, 2.75) is 45.4 Å². The van der Waals surface area contributed by atoms with Crippen molar-refractivity contribution >= 4 is 22.4 Å². The highest BCUT2D eigenvalue weighted by atomic mass is 32.1. The van der Waals surface area contributed by atoms with Gasteiger partial charge in [0.25, 0.3) is 0 Å². The van der Waals surface area contributed by atoms with Crippen molar-refractivity contribution < 1.29 is 4.79 Å². The second-order valence-corrected chi connectivity index (χ2v) is 6.69. The third-order valence-corrected chi connectivity index (χ3v) is 5.52. The standard InChI is InChI=1S/C14H21N3OS/c1-2-14(7-4-8-15-9-14)12(18)17-13-16-10-5-3-6-11(10)19-13/h15H,2-9H2,1H3,(H,16,17,18). The van der Waals surface area contributed by atoms with E-state index >= 15 is 0 Å². The fraction of sp³-hybridized carbons (Fsp3) is 0.714. The van der Waals surface area contributed by atoms with Crippen molar-refractivity contribution in [3.63, 3.8) is 0 Å². The molecule has 0 radical (unpaired) electrons. The molecule has 0 spiro atoms. The lowest BCUT2D eigenvalue weighted by molar-refractivity contribution is -0.126. The number of piperidine rings is 1. The monoisotopic (exact) mass is 279 g/mol. The van der Waals surface area contributed by atoms with E-state index in [4.69, 9.17) is 0 Å². The number of fused-ring (bicyclic) bond motifs is 1. The molecule has 1 unspecified atom stereocenters. The molecule has 1 aliphatic heterocycles. The van der Waals surface area contributed by atoms with Gasteiger partial charge in [0.1, 0.15) is 0 Å². The number of aromatic nitrogens is 1. The van der Waals surface area contributed by atoms with Crippen LogP contribution in [0.5, 0.6) is 0 Å². The van der Waals surface area contributed by atoms with Crippen LogP contribution >= 0.6 is 11.3 Å². The summed E-state index contributed by atoms with van der Waals surface area (Å²) in [6.45, 7) is 3.93. The van der Waals surface area contributed by atoms with Crippen LogP contribution in [0.25, 0.3) is 0 Å². The molecule has 1 atom stereocenters. The summed E-state index contributed by atoms with van der Waals surface area (Å²) >= 11 is 1.66. The lowest BCUT2D eigenvalue weighted by Crippen LogP contribution is -2.47. The predicted octanol–water partition coefficient (Wildman–Crippen LogP) is 2.35. The Kier molecular flexibility index (Phi) is 3.58. The number of carbonyl (C=O) groups excluding carboxylic acids is 1. The van der Waals surface area contributed by atoms with E-state index in [-0.39, 0.29) is 11.3 Å². The van der Waals surface area contributed by atoms with E-state index < -0.39 is 0 Å². The number of rotatable bonds is 3. The third kappa shape index (κ3) is 2.41. The topological polar surface area (TPSA) is 54.0 Å². The summed E-state index contributed by atoms with van der Waals surface area (Å²) in [4.78, 5) is 18.5. The maximum absolute atomic E-state index is 12.6. The van der Waals surface area contributed by atoms with Gasteiger partial charge in [0.2, 0.25) is 5.91 Å². The Morgan fingerprint density at radius 1 is 1.47 bits per heavy atom. The molecule has 0 saturated carbocycles. The van der Waals surface area contributed by atoms with Crippen LogP contribution in [0.4, 0.5) is 5.13 Å². The van der Waals surface area contributed by atoms with Crippen LogP contribution in [0.3, 0.4) is 0 Å². The summed E-state index contributed by atoms with van der Waals surface area (Å²) in [5.41, 5.74) is 0.960. The van der Waals surface area contributed by atoms with Crippen LogP contribution in [0.2, 0.25) is 0 Å². The number of nitrogens with zero attached hydrogens (tertiary/aromatic N) is 1. The molecule has 0 aromatic carbocycles. The third-order valence-electron chi connectivity index (χ3n) is 4.45. The highest BCUT2D eigenvalue weighted by Crippen LogP contribution is 2.34. The zero-order valence-electron chi connectivity index (χ0n) is 11.4. The normalized spacial score (nSPS) is 26.2. The molecule has 1 saturated heterocycles. The van der Waals surface area contributed by atoms with E-state index in [1.165, 1.54) is 17.0 Å². The number of nitrogens with one attached hydrogen (secondary N) is 2. The van der Waals surface area contributed by atoms with Crippen LogP contribution in [0.15, 0.2) is 0 Å². The maximum Gasteiger partial charge on any atom is 0.233 e. The zero-order chi connectivity index (χ0) is 13.3. The molecule has 104 valence electrons. The van der Waals surface area contributed by atoms with Crippen molar-refractivity contribution in [1.82, 2.24) is 10.3 Å². The van der Waals surface area contributed by atoms with E-state index in [0.717, 1.165) is 50.3 Å². The highest BCUT2D eigenvalue weighted by molar-refractivity contribution is 7.15. The minimum atomic E-state index is -0.242. The minimum Gasteiger partial charge on any atom is -0.316 e. The second-order valence-electron chi connectivity index (χ2n) is 5.61. The van der Waals surface area contributed by atoms with Gasteiger partial charge in [0.15, 0.2) is 5.13 Å². The number of carbonyl (C=O) groups is 1. The fourth-order valence-corrected chi connectivity index (χ4v) is 4.14. The van der Waals surface area contributed by atoms with Gasteiger partial charge in [-0.3, -0.25) is 4.79 Å². The van der Waals surface area contributed by atoms with Gasteiger partial charge in [-0.25, -0.2) is 4.98 Å². The number of aryl methyl sites for hydroxylation is 2. The summed E-state index contributed by atoms with van der Waals surface area (Å²) in [5.74, 6) is 0.148. The Labute approximate surface area is 118 Å². The van der Waals surface area contributed by atoms with Gasteiger partial charge in [-0.2, -0.15) is 0 Å².